The zero-order valence-electron chi connectivity index (χ0n) is 20.4. The lowest BCUT2D eigenvalue weighted by atomic mass is 9.91. The highest BCUT2D eigenvalue weighted by Crippen LogP contribution is 2.32. The van der Waals surface area contributed by atoms with Crippen molar-refractivity contribution >= 4 is 34.4 Å². The van der Waals surface area contributed by atoms with Crippen molar-refractivity contribution < 1.29 is 4.79 Å². The molecule has 2 aromatic heterocycles. The minimum atomic E-state index is -0.0945. The van der Waals surface area contributed by atoms with Crippen molar-refractivity contribution in [2.75, 3.05) is 5.32 Å². The maximum Gasteiger partial charge on any atom is 0.247 e. The van der Waals surface area contributed by atoms with Gasteiger partial charge < -0.3 is 20.9 Å². The average molecular weight is 503 g/mol. The smallest absolute Gasteiger partial charge is 0.247 e. The molecule has 0 atom stereocenters. The van der Waals surface area contributed by atoms with Crippen molar-refractivity contribution in [2.45, 2.75) is 44.7 Å². The largest absolute Gasteiger partial charge is 0.360 e. The van der Waals surface area contributed by atoms with E-state index in [1.807, 2.05) is 30.5 Å². The molecule has 3 aromatic rings. The number of fused-ring (bicyclic) bond motifs is 1. The maximum atomic E-state index is 12.6. The van der Waals surface area contributed by atoms with E-state index in [9.17, 15) is 4.79 Å². The minimum Gasteiger partial charge on any atom is -0.360 e. The van der Waals surface area contributed by atoms with E-state index in [2.05, 4.69) is 45.7 Å². The van der Waals surface area contributed by atoms with Gasteiger partial charge in [0.2, 0.25) is 11.9 Å². The van der Waals surface area contributed by atoms with Crippen LogP contribution in [0.25, 0.3) is 22.2 Å². The van der Waals surface area contributed by atoms with E-state index in [0.717, 1.165) is 42.1 Å². The van der Waals surface area contributed by atoms with Gasteiger partial charge in [0.05, 0.1) is 16.9 Å². The van der Waals surface area contributed by atoms with E-state index < -0.39 is 0 Å². The quantitative estimate of drug-likeness (QED) is 0.217. The fourth-order valence-corrected chi connectivity index (χ4v) is 4.57. The van der Waals surface area contributed by atoms with Gasteiger partial charge in [0, 0.05) is 51.7 Å². The number of carbonyl (C=O) groups is 1. The van der Waals surface area contributed by atoms with Gasteiger partial charge in [-0.2, -0.15) is 0 Å². The Hall–Kier alpha value is -3.84. The van der Waals surface area contributed by atoms with Gasteiger partial charge in [0.1, 0.15) is 0 Å². The third kappa shape index (κ3) is 6.04. The van der Waals surface area contributed by atoms with Crippen LogP contribution in [0.2, 0.25) is 5.02 Å². The normalized spacial score (nSPS) is 17.9. The van der Waals surface area contributed by atoms with Gasteiger partial charge in [-0.1, -0.05) is 49.5 Å². The van der Waals surface area contributed by atoms with E-state index in [1.165, 1.54) is 0 Å². The molecule has 1 fully saturated rings. The average Bonchev–Trinajstić information content (AvgIpc) is 3.30. The molecule has 1 aromatic carbocycles. The molecule has 0 saturated heterocycles. The Balaban J connectivity index is 1.33. The van der Waals surface area contributed by atoms with Crippen LogP contribution in [0.1, 0.15) is 32.6 Å². The molecule has 4 rings (SSSR count). The first-order valence-electron chi connectivity index (χ1n) is 12.0. The number of aromatic amines is 1. The molecule has 0 bridgehead atoms. The van der Waals surface area contributed by atoms with Crippen LogP contribution in [0.5, 0.6) is 0 Å². The molecular weight excluding hydrogens is 472 g/mol. The summed E-state index contributed by atoms with van der Waals surface area (Å²) in [6.45, 7) is 13.1. The van der Waals surface area contributed by atoms with E-state index in [-0.39, 0.29) is 18.0 Å². The Labute approximate surface area is 216 Å². The standard InChI is InChI=1S/C28H31ClN6O/c1-5-18(3)32-19(4)14-17(2)27(36)33-20-10-12-21(13-11-20)34-28-31-16-24(29)26(35-28)23-15-30-25-9-7-6-8-22(23)25/h5-9,14-16,20-21,30,32H,1,3-4,10-13H2,2H3,(H,33,36)(H,31,34,35)/b17-14+. The van der Waals surface area contributed by atoms with E-state index >= 15 is 0 Å². The molecule has 0 radical (unpaired) electrons. The summed E-state index contributed by atoms with van der Waals surface area (Å²) < 4.78 is 0. The Kier molecular flexibility index (Phi) is 7.90. The highest BCUT2D eigenvalue weighted by molar-refractivity contribution is 6.33. The number of rotatable bonds is 9. The molecule has 1 aliphatic rings. The fraction of sp³-hybridized carbons (Fsp3) is 0.250. The first-order valence-corrected chi connectivity index (χ1v) is 12.3. The number of halogens is 1. The monoisotopic (exact) mass is 502 g/mol. The molecule has 36 heavy (non-hydrogen) atoms. The molecule has 4 N–H and O–H groups in total. The van der Waals surface area contributed by atoms with Gasteiger partial charge in [0.25, 0.3) is 0 Å². The van der Waals surface area contributed by atoms with Crippen molar-refractivity contribution in [3.63, 3.8) is 0 Å². The number of amides is 1. The first-order chi connectivity index (χ1) is 17.3. The SMILES string of the molecule is C=CC(=C)NC(=C)/C=C(\C)C(=O)NC1CCC(Nc2ncc(Cl)c(-c3c[nH]c4ccccc34)n2)CC1. The third-order valence-corrected chi connectivity index (χ3v) is 6.58. The molecule has 1 saturated carbocycles. The highest BCUT2D eigenvalue weighted by Gasteiger charge is 2.24. The van der Waals surface area contributed by atoms with Crippen LogP contribution in [-0.2, 0) is 4.79 Å². The van der Waals surface area contributed by atoms with Crippen LogP contribution in [0.4, 0.5) is 5.95 Å². The summed E-state index contributed by atoms with van der Waals surface area (Å²) in [6.07, 6.45) is 10.4. The summed E-state index contributed by atoms with van der Waals surface area (Å²) in [5, 5.41) is 11.1. The second-order valence-electron chi connectivity index (χ2n) is 9.01. The summed E-state index contributed by atoms with van der Waals surface area (Å²) in [6, 6.07) is 8.40. The highest BCUT2D eigenvalue weighted by atomic mass is 35.5. The zero-order chi connectivity index (χ0) is 25.7. The molecular formula is C28H31ClN6O. The van der Waals surface area contributed by atoms with Gasteiger partial charge in [-0.05, 0) is 50.8 Å². The molecule has 1 aliphatic carbocycles. The van der Waals surface area contributed by atoms with Crippen molar-refractivity contribution in [1.29, 1.82) is 0 Å². The first kappa shape index (κ1) is 25.3. The number of aromatic nitrogens is 3. The van der Waals surface area contributed by atoms with Crippen molar-refractivity contribution in [3.8, 4) is 11.3 Å². The number of benzene rings is 1. The number of carbonyl (C=O) groups excluding carboxylic acids is 1. The summed E-state index contributed by atoms with van der Waals surface area (Å²) in [5.41, 5.74) is 4.49. The Bertz CT molecular complexity index is 1330. The molecule has 0 unspecified atom stereocenters. The number of hydrogen-bond donors (Lipinski definition) is 4. The number of H-pyrrole nitrogens is 1. The zero-order valence-corrected chi connectivity index (χ0v) is 21.2. The van der Waals surface area contributed by atoms with E-state index in [4.69, 9.17) is 16.6 Å². The van der Waals surface area contributed by atoms with Crippen LogP contribution in [-0.4, -0.2) is 32.9 Å². The summed E-state index contributed by atoms with van der Waals surface area (Å²) >= 11 is 6.46. The molecule has 0 aliphatic heterocycles. The Morgan fingerprint density at radius 2 is 1.86 bits per heavy atom. The van der Waals surface area contributed by atoms with Gasteiger partial charge in [-0.25, -0.2) is 9.97 Å². The van der Waals surface area contributed by atoms with Gasteiger partial charge >= 0.3 is 0 Å². The lowest BCUT2D eigenvalue weighted by molar-refractivity contribution is -0.118. The van der Waals surface area contributed by atoms with Crippen LogP contribution in [0.3, 0.4) is 0 Å². The van der Waals surface area contributed by atoms with E-state index in [0.29, 0.717) is 33.6 Å². The van der Waals surface area contributed by atoms with Crippen molar-refractivity contribution in [2.24, 2.45) is 0 Å². The Morgan fingerprint density at radius 3 is 2.61 bits per heavy atom. The maximum absolute atomic E-state index is 12.6. The van der Waals surface area contributed by atoms with Crippen LogP contribution >= 0.6 is 11.6 Å². The second-order valence-corrected chi connectivity index (χ2v) is 9.42. The predicted octanol–water partition coefficient (Wildman–Crippen LogP) is 5.87. The van der Waals surface area contributed by atoms with Crippen molar-refractivity contribution in [1.82, 2.24) is 25.6 Å². The molecule has 1 amide bonds. The molecule has 186 valence electrons. The predicted molar refractivity (Wildman–Crippen MR) is 148 cm³/mol. The summed E-state index contributed by atoms with van der Waals surface area (Å²) in [7, 11) is 0. The fourth-order valence-electron chi connectivity index (χ4n) is 4.38. The Morgan fingerprint density at radius 1 is 1.14 bits per heavy atom. The number of anilines is 1. The number of allylic oxidation sites excluding steroid dienone is 2. The number of nitrogens with one attached hydrogen (secondary N) is 4. The van der Waals surface area contributed by atoms with Gasteiger partial charge in [0.15, 0.2) is 0 Å². The molecule has 8 heteroatoms. The summed E-state index contributed by atoms with van der Waals surface area (Å²) in [4.78, 5) is 25.0. The topological polar surface area (TPSA) is 94.7 Å². The number of nitrogens with zero attached hydrogens (tertiary/aromatic N) is 2. The lowest BCUT2D eigenvalue weighted by Gasteiger charge is -2.29. The van der Waals surface area contributed by atoms with Crippen molar-refractivity contribution in [3.05, 3.63) is 90.5 Å². The molecule has 2 heterocycles. The lowest BCUT2D eigenvalue weighted by Crippen LogP contribution is -2.40. The van der Waals surface area contributed by atoms with Crippen LogP contribution in [0.15, 0.2) is 85.5 Å². The third-order valence-electron chi connectivity index (χ3n) is 6.30. The van der Waals surface area contributed by atoms with Crippen LogP contribution < -0.4 is 16.0 Å². The van der Waals surface area contributed by atoms with Gasteiger partial charge in [-0.3, -0.25) is 4.79 Å². The molecule has 7 nitrogen and oxygen atoms in total. The number of para-hydroxylation sites is 1. The summed E-state index contributed by atoms with van der Waals surface area (Å²) in [5.74, 6) is 0.459. The molecule has 0 spiro atoms. The minimum absolute atomic E-state index is 0.0945. The van der Waals surface area contributed by atoms with Crippen LogP contribution in [0, 0.1) is 0 Å². The van der Waals surface area contributed by atoms with E-state index in [1.54, 1.807) is 25.3 Å². The van der Waals surface area contributed by atoms with Gasteiger partial charge in [-0.15, -0.1) is 0 Å². The number of hydrogen-bond acceptors (Lipinski definition) is 5. The second kappa shape index (κ2) is 11.3.